The normalized spacial score (nSPS) is 13.0. The van der Waals surface area contributed by atoms with Gasteiger partial charge in [-0.25, -0.2) is 9.59 Å². The molecule has 0 aromatic heterocycles. The molecule has 1 amide bonds. The molecule has 7 nitrogen and oxygen atoms in total. The highest BCUT2D eigenvalue weighted by Crippen LogP contribution is 2.12. The fraction of sp³-hybridized carbons (Fsp3) is 0.667. The number of benzene rings is 1. The first-order chi connectivity index (χ1) is 14.9. The number of hydrogen-bond donors (Lipinski definition) is 1. The molecule has 0 radical (unpaired) electrons. The minimum Gasteiger partial charge on any atom is -0.464 e. The summed E-state index contributed by atoms with van der Waals surface area (Å²) in [4.78, 5) is 30.6. The van der Waals surface area contributed by atoms with Crippen LogP contribution in [0.15, 0.2) is 30.3 Å². The maximum absolute atomic E-state index is 12.6. The summed E-state index contributed by atoms with van der Waals surface area (Å²) in [6, 6.07) is 10.2. The van der Waals surface area contributed by atoms with E-state index in [0.717, 1.165) is 31.0 Å². The molecule has 1 aromatic carbocycles. The number of unbranched alkanes of at least 4 members (excludes halogenated alkanes) is 1. The van der Waals surface area contributed by atoms with Crippen LogP contribution < -0.4 is 5.32 Å². The number of carbonyl (C=O) groups excluding carboxylic acids is 2. The molecule has 1 N–H and O–H groups in total. The van der Waals surface area contributed by atoms with Crippen molar-refractivity contribution in [3.05, 3.63) is 35.9 Å². The number of carbonyl (C=O) groups is 2. The lowest BCUT2D eigenvalue weighted by atomic mass is 10.1. The van der Waals surface area contributed by atoms with Crippen LogP contribution in [0.2, 0.25) is 25.7 Å². The van der Waals surface area contributed by atoms with Gasteiger partial charge in [-0.15, -0.1) is 0 Å². The maximum atomic E-state index is 12.6. The van der Waals surface area contributed by atoms with Gasteiger partial charge in [-0.3, -0.25) is 4.84 Å². The molecule has 0 spiro atoms. The second kappa shape index (κ2) is 13.6. The van der Waals surface area contributed by atoms with Gasteiger partial charge in [0.1, 0.15) is 11.6 Å². The molecule has 0 fully saturated rings. The van der Waals surface area contributed by atoms with E-state index in [1.54, 1.807) is 25.8 Å². The molecular weight excluding hydrogens is 424 g/mol. The van der Waals surface area contributed by atoms with Gasteiger partial charge in [0.2, 0.25) is 0 Å². The molecule has 1 atom stereocenters. The predicted octanol–water partition coefficient (Wildman–Crippen LogP) is 5.00. The fourth-order valence-corrected chi connectivity index (χ4v) is 3.48. The molecule has 1 rings (SSSR count). The highest BCUT2D eigenvalue weighted by atomic mass is 28.3. The number of hydroxylamine groups is 2. The molecule has 0 unspecified atom stereocenters. The maximum Gasteiger partial charge on any atom is 0.408 e. The van der Waals surface area contributed by atoms with Crippen molar-refractivity contribution in [2.24, 2.45) is 0 Å². The Morgan fingerprint density at radius 1 is 1.09 bits per heavy atom. The van der Waals surface area contributed by atoms with Crippen LogP contribution in [0.1, 0.15) is 45.6 Å². The zero-order chi connectivity index (χ0) is 24.2. The Morgan fingerprint density at radius 2 is 1.75 bits per heavy atom. The average molecular weight is 467 g/mol. The van der Waals surface area contributed by atoms with Crippen LogP contribution in [0.3, 0.4) is 0 Å². The summed E-state index contributed by atoms with van der Waals surface area (Å²) in [5, 5.41) is 4.49. The van der Waals surface area contributed by atoms with Gasteiger partial charge < -0.3 is 14.8 Å². The first kappa shape index (κ1) is 28.1. The van der Waals surface area contributed by atoms with E-state index in [2.05, 4.69) is 25.0 Å². The third kappa shape index (κ3) is 14.2. The minimum absolute atomic E-state index is 0.386. The van der Waals surface area contributed by atoms with Crippen LogP contribution in [-0.4, -0.2) is 57.0 Å². The van der Waals surface area contributed by atoms with Gasteiger partial charge in [-0.05, 0) is 51.6 Å². The second-order valence-electron chi connectivity index (χ2n) is 10.3. The van der Waals surface area contributed by atoms with Gasteiger partial charge in [0, 0.05) is 21.7 Å². The molecule has 32 heavy (non-hydrogen) atoms. The number of amides is 1. The summed E-state index contributed by atoms with van der Waals surface area (Å²) in [6.07, 6.45) is 1.44. The first-order valence-electron chi connectivity index (χ1n) is 11.4. The van der Waals surface area contributed by atoms with Crippen molar-refractivity contribution in [2.45, 2.75) is 84.0 Å². The van der Waals surface area contributed by atoms with Crippen LogP contribution in [0.5, 0.6) is 0 Å². The van der Waals surface area contributed by atoms with E-state index in [4.69, 9.17) is 14.3 Å². The van der Waals surface area contributed by atoms with Crippen molar-refractivity contribution in [3.63, 3.8) is 0 Å². The molecule has 0 saturated carbocycles. The van der Waals surface area contributed by atoms with Gasteiger partial charge in [0.05, 0.1) is 13.2 Å². The molecule has 1 aromatic rings. The largest absolute Gasteiger partial charge is 0.464 e. The van der Waals surface area contributed by atoms with Crippen molar-refractivity contribution in [1.29, 1.82) is 0 Å². The van der Waals surface area contributed by atoms with E-state index in [1.165, 1.54) is 0 Å². The zero-order valence-electron chi connectivity index (χ0n) is 20.9. The standard InChI is InChI=1S/C24H42N2O5Si/c1-24(2,3)31-23(28)25-21(22(27)29-17-18-32(5,6)7)15-11-12-16-26(4)30-19-20-13-9-8-10-14-20/h8-10,13-14,21H,11-12,15-19H2,1-7H3,(H,25,28)/t21-/m0/s1. The summed E-state index contributed by atoms with van der Waals surface area (Å²) in [6.45, 7) is 13.7. The molecule has 8 heteroatoms. The van der Waals surface area contributed by atoms with Crippen LogP contribution >= 0.6 is 0 Å². The smallest absolute Gasteiger partial charge is 0.408 e. The molecule has 182 valence electrons. The Labute approximate surface area is 194 Å². The van der Waals surface area contributed by atoms with Gasteiger partial charge in [-0.2, -0.15) is 5.06 Å². The van der Waals surface area contributed by atoms with E-state index in [-0.39, 0.29) is 0 Å². The highest BCUT2D eigenvalue weighted by molar-refractivity contribution is 6.76. The third-order valence-electron chi connectivity index (χ3n) is 4.58. The number of rotatable bonds is 13. The Hall–Kier alpha value is -1.90. The highest BCUT2D eigenvalue weighted by Gasteiger charge is 2.26. The monoisotopic (exact) mass is 466 g/mol. The summed E-state index contributed by atoms with van der Waals surface area (Å²) in [5.41, 5.74) is 0.483. The van der Waals surface area contributed by atoms with Crippen molar-refractivity contribution >= 4 is 20.1 Å². The molecular formula is C24H42N2O5Si. The topological polar surface area (TPSA) is 77.1 Å². The van der Waals surface area contributed by atoms with Crippen molar-refractivity contribution < 1.29 is 23.9 Å². The van der Waals surface area contributed by atoms with Crippen molar-refractivity contribution in [2.75, 3.05) is 20.2 Å². The van der Waals surface area contributed by atoms with E-state index in [9.17, 15) is 9.59 Å². The summed E-state index contributed by atoms with van der Waals surface area (Å²) >= 11 is 0. The number of nitrogens with one attached hydrogen (secondary N) is 1. The minimum atomic E-state index is -1.31. The van der Waals surface area contributed by atoms with E-state index < -0.39 is 31.8 Å². The van der Waals surface area contributed by atoms with E-state index in [0.29, 0.717) is 19.6 Å². The zero-order valence-corrected chi connectivity index (χ0v) is 21.9. The number of alkyl carbamates (subject to hydrolysis) is 1. The van der Waals surface area contributed by atoms with Crippen LogP contribution in [-0.2, 0) is 25.7 Å². The van der Waals surface area contributed by atoms with Crippen LogP contribution in [0.25, 0.3) is 0 Å². The first-order valence-corrected chi connectivity index (χ1v) is 15.1. The lowest BCUT2D eigenvalue weighted by Crippen LogP contribution is -2.44. The molecule has 0 bridgehead atoms. The number of ether oxygens (including phenoxy) is 2. The van der Waals surface area contributed by atoms with Gasteiger partial charge in [-0.1, -0.05) is 50.0 Å². The van der Waals surface area contributed by atoms with Gasteiger partial charge >= 0.3 is 12.1 Å². The van der Waals surface area contributed by atoms with Crippen LogP contribution in [0.4, 0.5) is 4.79 Å². The number of hydrogen-bond acceptors (Lipinski definition) is 6. The van der Waals surface area contributed by atoms with Crippen LogP contribution in [0, 0.1) is 0 Å². The number of esters is 1. The SMILES string of the molecule is CN(CCCC[C@H](NC(=O)OC(C)(C)C)C(=O)OCC[Si](C)(C)C)OCc1ccccc1. The summed E-state index contributed by atoms with van der Waals surface area (Å²) in [7, 11) is 0.585. The molecule has 0 heterocycles. The quantitative estimate of drug-likeness (QED) is 0.191. The van der Waals surface area contributed by atoms with Crippen molar-refractivity contribution in [3.8, 4) is 0 Å². The second-order valence-corrected chi connectivity index (χ2v) is 15.9. The molecule has 0 aliphatic rings. The lowest BCUT2D eigenvalue weighted by Gasteiger charge is -2.24. The summed E-state index contributed by atoms with van der Waals surface area (Å²) < 4.78 is 10.8. The Kier molecular flexibility index (Phi) is 12.0. The Morgan fingerprint density at radius 3 is 2.34 bits per heavy atom. The van der Waals surface area contributed by atoms with E-state index >= 15 is 0 Å². The number of nitrogens with zero attached hydrogens (tertiary/aromatic N) is 1. The lowest BCUT2D eigenvalue weighted by molar-refractivity contribution is -0.151. The molecule has 0 saturated heterocycles. The Bertz CT molecular complexity index is 686. The predicted molar refractivity (Wildman–Crippen MR) is 130 cm³/mol. The fourth-order valence-electron chi connectivity index (χ4n) is 2.76. The van der Waals surface area contributed by atoms with Gasteiger partial charge in [0.25, 0.3) is 0 Å². The molecule has 0 aliphatic heterocycles. The van der Waals surface area contributed by atoms with E-state index in [1.807, 2.05) is 37.4 Å². The average Bonchev–Trinajstić information content (AvgIpc) is 2.67. The Balaban J connectivity index is 2.47. The van der Waals surface area contributed by atoms with Gasteiger partial charge in [0.15, 0.2) is 0 Å². The summed E-state index contributed by atoms with van der Waals surface area (Å²) in [5.74, 6) is -0.400. The third-order valence-corrected chi connectivity index (χ3v) is 6.29. The van der Waals surface area contributed by atoms with Crippen molar-refractivity contribution in [1.82, 2.24) is 10.4 Å². The molecule has 0 aliphatic carbocycles.